The van der Waals surface area contributed by atoms with Gasteiger partial charge in [0.05, 0.1) is 0 Å². The standard InChI is InChI=1S/C14H19N3O2/c18-10-2-4-12-3-1-9-17(11-12)16-14(19)13-5-7-15-8-6-13/h3,5-8,18H,1-2,4,9-11H2,(H,16,19). The molecule has 1 aliphatic heterocycles. The second-order valence-electron chi connectivity index (χ2n) is 4.58. The van der Waals surface area contributed by atoms with Crippen molar-refractivity contribution in [2.75, 3.05) is 19.7 Å². The third-order valence-electron chi connectivity index (χ3n) is 3.08. The first-order valence-corrected chi connectivity index (χ1v) is 6.54. The summed E-state index contributed by atoms with van der Waals surface area (Å²) in [5.41, 5.74) is 4.79. The molecule has 5 nitrogen and oxygen atoms in total. The predicted octanol–water partition coefficient (Wildman–Crippen LogP) is 1.13. The Morgan fingerprint density at radius 2 is 2.21 bits per heavy atom. The molecule has 1 amide bonds. The van der Waals surface area contributed by atoms with E-state index in [9.17, 15) is 4.79 Å². The zero-order valence-corrected chi connectivity index (χ0v) is 10.9. The maximum Gasteiger partial charge on any atom is 0.265 e. The SMILES string of the molecule is O=C(NN1CCC=C(CCCO)C1)c1ccncc1. The van der Waals surface area contributed by atoms with Crippen LogP contribution in [0.4, 0.5) is 0 Å². The van der Waals surface area contributed by atoms with Crippen molar-refractivity contribution in [1.29, 1.82) is 0 Å². The number of carbonyl (C=O) groups is 1. The number of amides is 1. The molecule has 0 spiro atoms. The second-order valence-corrected chi connectivity index (χ2v) is 4.58. The summed E-state index contributed by atoms with van der Waals surface area (Å²) in [7, 11) is 0. The number of carbonyl (C=O) groups excluding carboxylic acids is 1. The first-order chi connectivity index (χ1) is 9.29. The number of hydrazine groups is 1. The lowest BCUT2D eigenvalue weighted by Gasteiger charge is -2.27. The lowest BCUT2D eigenvalue weighted by molar-refractivity contribution is 0.0797. The van der Waals surface area contributed by atoms with Gasteiger partial charge in [-0.3, -0.25) is 15.2 Å². The predicted molar refractivity (Wildman–Crippen MR) is 72.3 cm³/mol. The summed E-state index contributed by atoms with van der Waals surface area (Å²) in [6.45, 7) is 1.76. The molecule has 2 N–H and O–H groups in total. The summed E-state index contributed by atoms with van der Waals surface area (Å²) >= 11 is 0. The number of aromatic nitrogens is 1. The van der Waals surface area contributed by atoms with Gasteiger partial charge in [-0.15, -0.1) is 0 Å². The van der Waals surface area contributed by atoms with Crippen molar-refractivity contribution < 1.29 is 9.90 Å². The molecule has 19 heavy (non-hydrogen) atoms. The molecule has 2 rings (SSSR count). The van der Waals surface area contributed by atoms with E-state index in [1.54, 1.807) is 24.5 Å². The Kier molecular flexibility index (Phi) is 5.06. The third kappa shape index (κ3) is 4.15. The van der Waals surface area contributed by atoms with E-state index < -0.39 is 0 Å². The van der Waals surface area contributed by atoms with Crippen molar-refractivity contribution in [1.82, 2.24) is 15.4 Å². The van der Waals surface area contributed by atoms with Crippen LogP contribution in [0.1, 0.15) is 29.6 Å². The van der Waals surface area contributed by atoms with Crippen LogP contribution in [0, 0.1) is 0 Å². The van der Waals surface area contributed by atoms with Gasteiger partial charge in [0.2, 0.25) is 0 Å². The van der Waals surface area contributed by atoms with Gasteiger partial charge in [0, 0.05) is 37.7 Å². The van der Waals surface area contributed by atoms with E-state index in [-0.39, 0.29) is 12.5 Å². The largest absolute Gasteiger partial charge is 0.396 e. The van der Waals surface area contributed by atoms with E-state index in [1.165, 1.54) is 5.57 Å². The lowest BCUT2D eigenvalue weighted by Crippen LogP contribution is -2.45. The van der Waals surface area contributed by atoms with Crippen LogP contribution in [-0.2, 0) is 0 Å². The van der Waals surface area contributed by atoms with Gasteiger partial charge in [0.1, 0.15) is 0 Å². The van der Waals surface area contributed by atoms with Crippen molar-refractivity contribution in [2.24, 2.45) is 0 Å². The van der Waals surface area contributed by atoms with E-state index in [0.717, 1.165) is 32.4 Å². The number of pyridine rings is 1. The monoisotopic (exact) mass is 261 g/mol. The highest BCUT2D eigenvalue weighted by Crippen LogP contribution is 2.13. The molecular formula is C14H19N3O2. The van der Waals surface area contributed by atoms with E-state index in [2.05, 4.69) is 16.5 Å². The van der Waals surface area contributed by atoms with Crippen LogP contribution in [0.3, 0.4) is 0 Å². The number of nitrogens with zero attached hydrogens (tertiary/aromatic N) is 2. The molecule has 5 heteroatoms. The third-order valence-corrected chi connectivity index (χ3v) is 3.08. The maximum absolute atomic E-state index is 12.0. The van der Waals surface area contributed by atoms with Gasteiger partial charge < -0.3 is 5.11 Å². The minimum absolute atomic E-state index is 0.106. The Morgan fingerprint density at radius 1 is 1.42 bits per heavy atom. The summed E-state index contributed by atoms with van der Waals surface area (Å²) < 4.78 is 0. The topological polar surface area (TPSA) is 65.5 Å². The second kappa shape index (κ2) is 7.01. The number of aliphatic hydroxyl groups is 1. The first kappa shape index (κ1) is 13.7. The molecule has 1 aromatic rings. The van der Waals surface area contributed by atoms with Crippen molar-refractivity contribution in [3.63, 3.8) is 0 Å². The van der Waals surface area contributed by atoms with E-state index in [0.29, 0.717) is 5.56 Å². The summed E-state index contributed by atoms with van der Waals surface area (Å²) in [5, 5.41) is 10.8. The molecule has 0 saturated carbocycles. The zero-order valence-electron chi connectivity index (χ0n) is 10.9. The average Bonchev–Trinajstić information content (AvgIpc) is 2.46. The Balaban J connectivity index is 1.87. The summed E-state index contributed by atoms with van der Waals surface area (Å²) in [6, 6.07) is 3.39. The van der Waals surface area contributed by atoms with Gasteiger partial charge >= 0.3 is 0 Å². The molecule has 102 valence electrons. The van der Waals surface area contributed by atoms with E-state index in [1.807, 2.05) is 5.01 Å². The first-order valence-electron chi connectivity index (χ1n) is 6.54. The van der Waals surface area contributed by atoms with Crippen LogP contribution in [0.25, 0.3) is 0 Å². The smallest absolute Gasteiger partial charge is 0.265 e. The van der Waals surface area contributed by atoms with Gasteiger partial charge in [0.25, 0.3) is 5.91 Å². The number of hydrogen-bond acceptors (Lipinski definition) is 4. The summed E-state index contributed by atoms with van der Waals surface area (Å²) in [4.78, 5) is 15.9. The minimum atomic E-state index is -0.106. The molecule has 0 saturated heterocycles. The minimum Gasteiger partial charge on any atom is -0.396 e. The Labute approximate surface area is 112 Å². The van der Waals surface area contributed by atoms with Gasteiger partial charge in [-0.1, -0.05) is 11.6 Å². The van der Waals surface area contributed by atoms with E-state index >= 15 is 0 Å². The van der Waals surface area contributed by atoms with Crippen LogP contribution in [0.5, 0.6) is 0 Å². The van der Waals surface area contributed by atoms with Crippen LogP contribution in [0.2, 0.25) is 0 Å². The van der Waals surface area contributed by atoms with Gasteiger partial charge in [0.15, 0.2) is 0 Å². The summed E-state index contributed by atoms with van der Waals surface area (Å²) in [6.07, 6.45) is 8.01. The fourth-order valence-electron chi connectivity index (χ4n) is 2.11. The fourth-order valence-corrected chi connectivity index (χ4v) is 2.11. The Morgan fingerprint density at radius 3 is 2.95 bits per heavy atom. The molecule has 0 aliphatic carbocycles. The molecule has 0 atom stereocenters. The molecule has 1 aliphatic rings. The molecule has 0 aromatic carbocycles. The highest BCUT2D eigenvalue weighted by atomic mass is 16.2. The van der Waals surface area contributed by atoms with Crippen molar-refractivity contribution in [3.8, 4) is 0 Å². The van der Waals surface area contributed by atoms with Gasteiger partial charge in [-0.2, -0.15) is 0 Å². The zero-order chi connectivity index (χ0) is 13.5. The van der Waals surface area contributed by atoms with Crippen LogP contribution >= 0.6 is 0 Å². The molecular weight excluding hydrogens is 242 g/mol. The maximum atomic E-state index is 12.0. The normalized spacial score (nSPS) is 15.9. The molecule has 0 unspecified atom stereocenters. The summed E-state index contributed by atoms with van der Waals surface area (Å²) in [5.74, 6) is -0.106. The molecule has 0 fully saturated rings. The molecule has 1 aromatic heterocycles. The van der Waals surface area contributed by atoms with Crippen LogP contribution < -0.4 is 5.43 Å². The number of nitrogens with one attached hydrogen (secondary N) is 1. The van der Waals surface area contributed by atoms with Gasteiger partial charge in [-0.25, -0.2) is 5.01 Å². The Hall–Kier alpha value is -1.72. The van der Waals surface area contributed by atoms with Crippen molar-refractivity contribution in [2.45, 2.75) is 19.3 Å². The molecule has 0 bridgehead atoms. The molecule has 0 radical (unpaired) electrons. The fraction of sp³-hybridized carbons (Fsp3) is 0.429. The highest BCUT2D eigenvalue weighted by Gasteiger charge is 2.15. The van der Waals surface area contributed by atoms with Crippen molar-refractivity contribution >= 4 is 5.91 Å². The average molecular weight is 261 g/mol. The number of aliphatic hydroxyl groups excluding tert-OH is 1. The van der Waals surface area contributed by atoms with Gasteiger partial charge in [-0.05, 0) is 31.4 Å². The number of rotatable bonds is 5. The van der Waals surface area contributed by atoms with E-state index in [4.69, 9.17) is 5.11 Å². The van der Waals surface area contributed by atoms with Crippen LogP contribution in [0.15, 0.2) is 36.2 Å². The van der Waals surface area contributed by atoms with Crippen molar-refractivity contribution in [3.05, 3.63) is 41.7 Å². The quantitative estimate of drug-likeness (QED) is 0.780. The number of hydrogen-bond donors (Lipinski definition) is 2. The highest BCUT2D eigenvalue weighted by molar-refractivity contribution is 5.93. The molecule has 2 heterocycles. The van der Waals surface area contributed by atoms with Crippen LogP contribution in [-0.4, -0.2) is 40.7 Å². The Bertz CT molecular complexity index is 445. The lowest BCUT2D eigenvalue weighted by atomic mass is 10.1.